The fourth-order valence-electron chi connectivity index (χ4n) is 3.40. The second-order valence-corrected chi connectivity index (χ2v) is 6.64. The summed E-state index contributed by atoms with van der Waals surface area (Å²) >= 11 is 1.43. The predicted molar refractivity (Wildman–Crippen MR) is 90.9 cm³/mol. The van der Waals surface area contributed by atoms with Gasteiger partial charge < -0.3 is 9.80 Å². The third-order valence-electron chi connectivity index (χ3n) is 4.62. The fourth-order valence-corrected chi connectivity index (χ4v) is 3.98. The Morgan fingerprint density at radius 3 is 2.52 bits per heavy atom. The lowest BCUT2D eigenvalue weighted by atomic mass is 10.2. The van der Waals surface area contributed by atoms with Crippen molar-refractivity contribution in [2.45, 2.75) is 12.5 Å². The minimum atomic E-state index is 0.0202. The number of para-hydroxylation sites is 1. The Kier molecular flexibility index (Phi) is 3.97. The van der Waals surface area contributed by atoms with Crippen molar-refractivity contribution in [1.82, 2.24) is 14.3 Å². The van der Waals surface area contributed by atoms with E-state index >= 15 is 0 Å². The molecule has 6 nitrogen and oxygen atoms in total. The van der Waals surface area contributed by atoms with E-state index in [1.165, 1.54) is 11.5 Å². The smallest absolute Gasteiger partial charge is 0.244 e. The molecule has 2 fully saturated rings. The van der Waals surface area contributed by atoms with Crippen molar-refractivity contribution in [1.29, 1.82) is 0 Å². The molecule has 120 valence electrons. The number of nitrogens with zero attached hydrogens (tertiary/aromatic N) is 5. The maximum absolute atomic E-state index is 12.8. The Morgan fingerprint density at radius 2 is 1.83 bits per heavy atom. The number of piperazine rings is 1. The number of aromatic nitrogens is 2. The summed E-state index contributed by atoms with van der Waals surface area (Å²) in [5.74, 6) is 0.237. The molecule has 2 aliphatic rings. The highest BCUT2D eigenvalue weighted by molar-refractivity contribution is 7.09. The molecule has 0 aliphatic carbocycles. The Labute approximate surface area is 139 Å². The van der Waals surface area contributed by atoms with E-state index < -0.39 is 0 Å². The number of carbonyl (C=O) groups excluding carboxylic acids is 1. The molecule has 4 rings (SSSR count). The first-order valence-corrected chi connectivity index (χ1v) is 8.72. The van der Waals surface area contributed by atoms with Crippen LogP contribution in [0, 0.1) is 0 Å². The van der Waals surface area contributed by atoms with Crippen molar-refractivity contribution in [3.05, 3.63) is 36.7 Å². The van der Waals surface area contributed by atoms with Crippen molar-refractivity contribution < 1.29 is 4.79 Å². The van der Waals surface area contributed by atoms with E-state index in [9.17, 15) is 4.79 Å². The van der Waals surface area contributed by atoms with Crippen LogP contribution in [0.3, 0.4) is 0 Å². The van der Waals surface area contributed by atoms with Crippen LogP contribution in [0.15, 0.2) is 36.7 Å². The molecule has 1 aromatic carbocycles. The molecule has 0 spiro atoms. The quantitative estimate of drug-likeness (QED) is 0.853. The zero-order valence-corrected chi connectivity index (χ0v) is 13.7. The maximum atomic E-state index is 12.8. The number of anilines is 2. The molecule has 1 aromatic heterocycles. The van der Waals surface area contributed by atoms with Crippen LogP contribution in [0.4, 0.5) is 10.8 Å². The number of hydrogen-bond donors (Lipinski definition) is 0. The number of hydrogen-bond acceptors (Lipinski definition) is 6. The summed E-state index contributed by atoms with van der Waals surface area (Å²) in [5, 5.41) is 0.980. The van der Waals surface area contributed by atoms with Gasteiger partial charge in [-0.3, -0.25) is 9.69 Å². The number of carbonyl (C=O) groups is 1. The van der Waals surface area contributed by atoms with Gasteiger partial charge in [0.15, 0.2) is 0 Å². The van der Waals surface area contributed by atoms with Gasteiger partial charge in [-0.1, -0.05) is 18.2 Å². The molecule has 0 radical (unpaired) electrons. The van der Waals surface area contributed by atoms with Crippen LogP contribution in [0.2, 0.25) is 0 Å². The standard InChI is InChI=1S/C16H19N5OS/c22-15-14(6-7-21(15)13-4-2-1-3-5-13)19-8-10-20(11-9-19)16-17-12-18-23-16/h1-5,12,14H,6-11H2/t14-/m1/s1. The molecule has 1 amide bonds. The molecule has 2 aromatic rings. The second kappa shape index (κ2) is 6.25. The van der Waals surface area contributed by atoms with E-state index in [-0.39, 0.29) is 11.9 Å². The van der Waals surface area contributed by atoms with E-state index in [1.807, 2.05) is 35.2 Å². The summed E-state index contributed by atoms with van der Waals surface area (Å²) in [7, 11) is 0. The zero-order valence-electron chi connectivity index (χ0n) is 12.8. The first-order chi connectivity index (χ1) is 11.3. The molecule has 23 heavy (non-hydrogen) atoms. The molecule has 0 saturated carbocycles. The van der Waals surface area contributed by atoms with E-state index in [1.54, 1.807) is 6.33 Å². The topological polar surface area (TPSA) is 52.6 Å². The van der Waals surface area contributed by atoms with Gasteiger partial charge in [-0.25, -0.2) is 4.98 Å². The van der Waals surface area contributed by atoms with Gasteiger partial charge in [0.05, 0.1) is 6.04 Å². The van der Waals surface area contributed by atoms with Crippen molar-refractivity contribution in [2.75, 3.05) is 42.5 Å². The molecule has 0 unspecified atom stereocenters. The lowest BCUT2D eigenvalue weighted by molar-refractivity contribution is -0.121. The first-order valence-electron chi connectivity index (χ1n) is 7.95. The Morgan fingerprint density at radius 1 is 1.04 bits per heavy atom. The highest BCUT2D eigenvalue weighted by Crippen LogP contribution is 2.26. The molecule has 7 heteroatoms. The summed E-state index contributed by atoms with van der Waals surface area (Å²) in [6.07, 6.45) is 2.51. The average molecular weight is 329 g/mol. The van der Waals surface area contributed by atoms with Gasteiger partial charge in [0.2, 0.25) is 11.0 Å². The van der Waals surface area contributed by atoms with Crippen LogP contribution in [0.5, 0.6) is 0 Å². The van der Waals surface area contributed by atoms with Gasteiger partial charge in [-0.2, -0.15) is 4.37 Å². The highest BCUT2D eigenvalue weighted by atomic mass is 32.1. The third-order valence-corrected chi connectivity index (χ3v) is 5.35. The predicted octanol–water partition coefficient (Wildman–Crippen LogP) is 1.47. The van der Waals surface area contributed by atoms with Gasteiger partial charge in [-0.15, -0.1) is 0 Å². The van der Waals surface area contributed by atoms with Crippen LogP contribution in [0.1, 0.15) is 6.42 Å². The lowest BCUT2D eigenvalue weighted by Crippen LogP contribution is -2.52. The Balaban J connectivity index is 1.39. The molecule has 2 aliphatic heterocycles. The van der Waals surface area contributed by atoms with Gasteiger partial charge in [0.1, 0.15) is 6.33 Å². The van der Waals surface area contributed by atoms with Gasteiger partial charge in [0, 0.05) is 49.9 Å². The number of amides is 1. The van der Waals surface area contributed by atoms with E-state index in [4.69, 9.17) is 0 Å². The molecule has 2 saturated heterocycles. The fraction of sp³-hybridized carbons (Fsp3) is 0.438. The maximum Gasteiger partial charge on any atom is 0.244 e. The van der Waals surface area contributed by atoms with Crippen LogP contribution in [-0.4, -0.2) is 58.9 Å². The van der Waals surface area contributed by atoms with Crippen LogP contribution >= 0.6 is 11.5 Å². The zero-order chi connectivity index (χ0) is 15.6. The molecule has 0 bridgehead atoms. The third kappa shape index (κ3) is 2.82. The lowest BCUT2D eigenvalue weighted by Gasteiger charge is -2.36. The van der Waals surface area contributed by atoms with E-state index in [0.717, 1.165) is 50.0 Å². The van der Waals surface area contributed by atoms with Crippen LogP contribution in [0.25, 0.3) is 0 Å². The first kappa shape index (κ1) is 14.6. The van der Waals surface area contributed by atoms with Crippen molar-refractivity contribution in [2.24, 2.45) is 0 Å². The minimum Gasteiger partial charge on any atom is -0.344 e. The average Bonchev–Trinajstić information content (AvgIpc) is 3.26. The van der Waals surface area contributed by atoms with Crippen LogP contribution in [-0.2, 0) is 4.79 Å². The summed E-state index contributed by atoms with van der Waals surface area (Å²) < 4.78 is 4.06. The second-order valence-electron chi connectivity index (χ2n) is 5.88. The summed E-state index contributed by atoms with van der Waals surface area (Å²) in [4.78, 5) is 23.5. The van der Waals surface area contributed by atoms with Crippen molar-refractivity contribution >= 4 is 28.3 Å². The molecule has 0 N–H and O–H groups in total. The normalized spacial score (nSPS) is 22.8. The summed E-state index contributed by atoms with van der Waals surface area (Å²) in [6, 6.07) is 9.98. The molecular formula is C16H19N5OS. The highest BCUT2D eigenvalue weighted by Gasteiger charge is 2.37. The Hall–Kier alpha value is -1.99. The SMILES string of the molecule is O=C1[C@H](N2CCN(c3ncns3)CC2)CCN1c1ccccc1. The molecule has 1 atom stereocenters. The number of rotatable bonds is 3. The minimum absolute atomic E-state index is 0.0202. The van der Waals surface area contributed by atoms with Crippen molar-refractivity contribution in [3.63, 3.8) is 0 Å². The molecule has 3 heterocycles. The van der Waals surface area contributed by atoms with Gasteiger partial charge >= 0.3 is 0 Å². The summed E-state index contributed by atoms with van der Waals surface area (Å²) in [5.41, 5.74) is 1.01. The largest absolute Gasteiger partial charge is 0.344 e. The van der Waals surface area contributed by atoms with Crippen LogP contribution < -0.4 is 9.80 Å². The summed E-state index contributed by atoms with van der Waals surface area (Å²) in [6.45, 7) is 4.43. The molecular weight excluding hydrogens is 310 g/mol. The van der Waals surface area contributed by atoms with E-state index in [2.05, 4.69) is 19.2 Å². The Bertz CT molecular complexity index is 654. The van der Waals surface area contributed by atoms with Gasteiger partial charge in [0.25, 0.3) is 0 Å². The number of benzene rings is 1. The van der Waals surface area contributed by atoms with E-state index in [0.29, 0.717) is 0 Å². The monoisotopic (exact) mass is 329 g/mol. The van der Waals surface area contributed by atoms with Crippen molar-refractivity contribution in [3.8, 4) is 0 Å². The van der Waals surface area contributed by atoms with Gasteiger partial charge in [-0.05, 0) is 18.6 Å².